The number of thiazole rings is 1. The maximum absolute atomic E-state index is 12.4. The van der Waals surface area contributed by atoms with Crippen molar-refractivity contribution in [2.45, 2.75) is 19.3 Å². The van der Waals surface area contributed by atoms with Crippen molar-refractivity contribution in [2.24, 2.45) is 0 Å². The summed E-state index contributed by atoms with van der Waals surface area (Å²) in [6, 6.07) is 7.48. The molecule has 0 unspecified atom stereocenters. The van der Waals surface area contributed by atoms with E-state index in [2.05, 4.69) is 10.1 Å². The largest absolute Gasteiger partial charge is 0.399 e. The molecule has 22 heavy (non-hydrogen) atoms. The average molecular weight is 310 g/mol. The molecular weight excluding hydrogens is 296 g/mol. The van der Waals surface area contributed by atoms with Gasteiger partial charge in [0.25, 0.3) is 0 Å². The fraction of sp³-hybridized carbons (Fsp3) is 0.188. The number of rotatable bonds is 2. The fourth-order valence-corrected chi connectivity index (χ4v) is 3.46. The molecule has 0 amide bonds. The number of nitrogens with zero attached hydrogens (tertiary/aromatic N) is 3. The molecule has 6 heteroatoms. The molecule has 1 aliphatic carbocycles. The molecule has 2 heterocycles. The molecule has 0 aliphatic heterocycles. The first-order valence-corrected chi connectivity index (χ1v) is 8.03. The first-order chi connectivity index (χ1) is 10.7. The number of fused-ring (bicyclic) bond motifs is 1. The van der Waals surface area contributed by atoms with Crippen LogP contribution in [-0.2, 0) is 6.42 Å². The Morgan fingerprint density at radius 3 is 2.73 bits per heavy atom. The van der Waals surface area contributed by atoms with Crippen LogP contribution >= 0.6 is 11.3 Å². The first-order valence-electron chi connectivity index (χ1n) is 7.15. The van der Waals surface area contributed by atoms with E-state index in [0.29, 0.717) is 12.1 Å². The molecule has 1 aromatic carbocycles. The number of hydrogen-bond donors (Lipinski definition) is 1. The molecule has 0 saturated carbocycles. The van der Waals surface area contributed by atoms with Gasteiger partial charge < -0.3 is 5.73 Å². The summed E-state index contributed by atoms with van der Waals surface area (Å²) in [7, 11) is 0. The standard InChI is InChI=1S/C16H14N4OS/c17-11-6-4-10(5-7-11)15-14-12(2-1-3-13(14)21)20(19-15)16-18-8-9-22-16/h4-9H,1-3,17H2. The van der Waals surface area contributed by atoms with E-state index >= 15 is 0 Å². The van der Waals surface area contributed by atoms with E-state index in [9.17, 15) is 4.79 Å². The van der Waals surface area contributed by atoms with Crippen LogP contribution in [-0.4, -0.2) is 20.5 Å². The summed E-state index contributed by atoms with van der Waals surface area (Å²) in [5.41, 5.74) is 9.81. The van der Waals surface area contributed by atoms with Gasteiger partial charge in [-0.25, -0.2) is 9.67 Å². The number of carbonyl (C=O) groups is 1. The highest BCUT2D eigenvalue weighted by molar-refractivity contribution is 7.12. The van der Waals surface area contributed by atoms with Gasteiger partial charge in [-0.15, -0.1) is 11.3 Å². The van der Waals surface area contributed by atoms with Gasteiger partial charge in [-0.05, 0) is 25.0 Å². The van der Waals surface area contributed by atoms with Gasteiger partial charge in [-0.3, -0.25) is 4.79 Å². The quantitative estimate of drug-likeness (QED) is 0.738. The van der Waals surface area contributed by atoms with Crippen LogP contribution in [0.3, 0.4) is 0 Å². The van der Waals surface area contributed by atoms with Crippen LogP contribution in [0.5, 0.6) is 0 Å². The monoisotopic (exact) mass is 310 g/mol. The SMILES string of the molecule is Nc1ccc(-c2nn(-c3nccs3)c3c2C(=O)CCC3)cc1. The Labute approximate surface area is 131 Å². The van der Waals surface area contributed by atoms with Gasteiger partial charge in [0.05, 0.1) is 11.3 Å². The number of benzene rings is 1. The van der Waals surface area contributed by atoms with Crippen LogP contribution in [0.25, 0.3) is 16.4 Å². The van der Waals surface area contributed by atoms with Crippen molar-refractivity contribution in [1.82, 2.24) is 14.8 Å². The molecule has 2 aromatic heterocycles. The molecule has 4 rings (SSSR count). The lowest BCUT2D eigenvalue weighted by Gasteiger charge is -2.12. The number of hydrogen-bond acceptors (Lipinski definition) is 5. The lowest BCUT2D eigenvalue weighted by Crippen LogP contribution is -2.13. The maximum atomic E-state index is 12.4. The number of Topliss-reactive ketones (excluding diaryl/α,β-unsaturated/α-hetero) is 1. The molecule has 0 bridgehead atoms. The number of anilines is 1. The van der Waals surface area contributed by atoms with Crippen LogP contribution in [0, 0.1) is 0 Å². The highest BCUT2D eigenvalue weighted by Crippen LogP contribution is 2.33. The second kappa shape index (κ2) is 5.06. The minimum Gasteiger partial charge on any atom is -0.399 e. The highest BCUT2D eigenvalue weighted by Gasteiger charge is 2.28. The minimum absolute atomic E-state index is 0.163. The summed E-state index contributed by atoms with van der Waals surface area (Å²) in [6.07, 6.45) is 4.05. The Hall–Kier alpha value is -2.47. The highest BCUT2D eigenvalue weighted by atomic mass is 32.1. The maximum Gasteiger partial charge on any atom is 0.210 e. The molecule has 0 saturated heterocycles. The van der Waals surface area contributed by atoms with Crippen LogP contribution < -0.4 is 5.73 Å². The van der Waals surface area contributed by atoms with Gasteiger partial charge in [0, 0.05) is 29.2 Å². The van der Waals surface area contributed by atoms with Crippen molar-refractivity contribution in [3.63, 3.8) is 0 Å². The van der Waals surface area contributed by atoms with Gasteiger partial charge in [-0.2, -0.15) is 5.10 Å². The van der Waals surface area contributed by atoms with E-state index in [1.165, 1.54) is 11.3 Å². The van der Waals surface area contributed by atoms with Crippen molar-refractivity contribution in [3.05, 3.63) is 47.1 Å². The van der Waals surface area contributed by atoms with Gasteiger partial charge in [0.1, 0.15) is 5.69 Å². The zero-order chi connectivity index (χ0) is 15.1. The number of aromatic nitrogens is 3. The van der Waals surface area contributed by atoms with E-state index in [0.717, 1.165) is 40.5 Å². The van der Waals surface area contributed by atoms with Crippen LogP contribution in [0.4, 0.5) is 5.69 Å². The Kier molecular flexibility index (Phi) is 3.04. The second-order valence-electron chi connectivity index (χ2n) is 5.30. The van der Waals surface area contributed by atoms with Crippen molar-refractivity contribution < 1.29 is 4.79 Å². The predicted molar refractivity (Wildman–Crippen MR) is 86.4 cm³/mol. The Morgan fingerprint density at radius 1 is 1.18 bits per heavy atom. The summed E-state index contributed by atoms with van der Waals surface area (Å²) in [6.45, 7) is 0. The van der Waals surface area contributed by atoms with Crippen LogP contribution in [0.2, 0.25) is 0 Å². The van der Waals surface area contributed by atoms with E-state index in [-0.39, 0.29) is 5.78 Å². The third-order valence-electron chi connectivity index (χ3n) is 3.86. The fourth-order valence-electron chi connectivity index (χ4n) is 2.84. The van der Waals surface area contributed by atoms with Crippen molar-refractivity contribution >= 4 is 22.8 Å². The lowest BCUT2D eigenvalue weighted by atomic mass is 9.92. The van der Waals surface area contributed by atoms with E-state index in [1.54, 1.807) is 6.20 Å². The zero-order valence-electron chi connectivity index (χ0n) is 11.8. The third-order valence-corrected chi connectivity index (χ3v) is 4.61. The normalized spacial score (nSPS) is 14.1. The number of ketones is 1. The minimum atomic E-state index is 0.163. The molecule has 0 spiro atoms. The average Bonchev–Trinajstić information content (AvgIpc) is 3.15. The summed E-state index contributed by atoms with van der Waals surface area (Å²) >= 11 is 1.52. The van der Waals surface area contributed by atoms with E-state index in [1.807, 2.05) is 34.3 Å². The van der Waals surface area contributed by atoms with Gasteiger partial charge in [0.2, 0.25) is 5.13 Å². The molecule has 3 aromatic rings. The second-order valence-corrected chi connectivity index (χ2v) is 6.17. The van der Waals surface area contributed by atoms with E-state index < -0.39 is 0 Å². The molecule has 0 fully saturated rings. The Morgan fingerprint density at radius 2 is 2.00 bits per heavy atom. The lowest BCUT2D eigenvalue weighted by molar-refractivity contribution is 0.0973. The van der Waals surface area contributed by atoms with Crippen molar-refractivity contribution in [1.29, 1.82) is 0 Å². The van der Waals surface area contributed by atoms with Crippen molar-refractivity contribution in [3.8, 4) is 16.4 Å². The number of nitrogens with two attached hydrogens (primary N) is 1. The molecular formula is C16H14N4OS. The first kappa shape index (κ1) is 13.2. The Balaban J connectivity index is 1.95. The zero-order valence-corrected chi connectivity index (χ0v) is 12.6. The summed E-state index contributed by atoms with van der Waals surface area (Å²) in [5.74, 6) is 0.163. The molecule has 5 nitrogen and oxygen atoms in total. The third kappa shape index (κ3) is 2.03. The van der Waals surface area contributed by atoms with Crippen LogP contribution in [0.1, 0.15) is 28.9 Å². The molecule has 0 radical (unpaired) electrons. The van der Waals surface area contributed by atoms with Gasteiger partial charge in [0.15, 0.2) is 5.78 Å². The smallest absolute Gasteiger partial charge is 0.210 e. The summed E-state index contributed by atoms with van der Waals surface area (Å²) < 4.78 is 1.82. The summed E-state index contributed by atoms with van der Waals surface area (Å²) in [5, 5.41) is 7.40. The molecule has 0 atom stereocenters. The van der Waals surface area contributed by atoms with E-state index in [4.69, 9.17) is 5.73 Å². The molecule has 110 valence electrons. The van der Waals surface area contributed by atoms with Gasteiger partial charge >= 0.3 is 0 Å². The molecule has 1 aliphatic rings. The van der Waals surface area contributed by atoms with Crippen LogP contribution in [0.15, 0.2) is 35.8 Å². The number of nitrogen functional groups attached to an aromatic ring is 1. The van der Waals surface area contributed by atoms with Crippen molar-refractivity contribution in [2.75, 3.05) is 5.73 Å². The number of carbonyl (C=O) groups excluding carboxylic acids is 1. The Bertz CT molecular complexity index is 834. The van der Waals surface area contributed by atoms with Gasteiger partial charge in [-0.1, -0.05) is 12.1 Å². The predicted octanol–water partition coefficient (Wildman–Crippen LogP) is 3.10. The topological polar surface area (TPSA) is 73.8 Å². The summed E-state index contributed by atoms with van der Waals surface area (Å²) in [4.78, 5) is 16.8. The molecule has 2 N–H and O–H groups in total.